The molecule has 4 atom stereocenters. The van der Waals surface area contributed by atoms with Crippen LogP contribution in [0.4, 0.5) is 0 Å². The molecule has 2 N–H and O–H groups in total. The molecular weight excluding hydrogens is 270 g/mol. The van der Waals surface area contributed by atoms with Crippen LogP contribution in [0.3, 0.4) is 0 Å². The summed E-state index contributed by atoms with van der Waals surface area (Å²) in [5.74, 6) is 1.58. The first kappa shape index (κ1) is 16.5. The molecule has 0 unspecified atom stereocenters. The quantitative estimate of drug-likeness (QED) is 0.711. The zero-order chi connectivity index (χ0) is 16.0. The maximum absolute atomic E-state index is 10.9. The van der Waals surface area contributed by atoms with Crippen LogP contribution in [-0.4, -0.2) is 22.8 Å². The molecule has 0 aromatic carbocycles. The van der Waals surface area contributed by atoms with Gasteiger partial charge >= 0.3 is 0 Å². The van der Waals surface area contributed by atoms with Crippen LogP contribution >= 0.6 is 0 Å². The van der Waals surface area contributed by atoms with Crippen LogP contribution in [-0.2, 0) is 0 Å². The Bertz CT molecular complexity index is 423. The fourth-order valence-corrected chi connectivity index (χ4v) is 6.10. The maximum atomic E-state index is 10.9. The molecule has 126 valence electrons. The summed E-state index contributed by atoms with van der Waals surface area (Å²) in [6.07, 6.45) is 12.0. The molecule has 22 heavy (non-hydrogen) atoms. The summed E-state index contributed by atoms with van der Waals surface area (Å²) in [6, 6.07) is 1.10. The second-order valence-corrected chi connectivity index (χ2v) is 9.20. The maximum Gasteiger partial charge on any atom is 0.0659 e. The molecule has 0 heterocycles. The van der Waals surface area contributed by atoms with Crippen molar-refractivity contribution in [3.63, 3.8) is 0 Å². The monoisotopic (exact) mass is 305 g/mol. The molecule has 2 nitrogen and oxygen atoms in total. The molecule has 0 saturated heterocycles. The molecule has 0 aromatic rings. The van der Waals surface area contributed by atoms with E-state index < -0.39 is 0 Å². The van der Waals surface area contributed by atoms with Crippen LogP contribution in [0.25, 0.3) is 0 Å². The molecule has 2 heteroatoms. The molecular formula is C20H35NO. The van der Waals surface area contributed by atoms with Crippen LogP contribution in [0.15, 0.2) is 11.6 Å². The van der Waals surface area contributed by atoms with E-state index in [0.29, 0.717) is 17.5 Å². The Morgan fingerprint density at radius 1 is 1.18 bits per heavy atom. The minimum Gasteiger partial charge on any atom is -0.390 e. The second-order valence-electron chi connectivity index (χ2n) is 9.20. The van der Waals surface area contributed by atoms with Crippen molar-refractivity contribution >= 4 is 0 Å². The smallest absolute Gasteiger partial charge is 0.0659 e. The van der Waals surface area contributed by atoms with E-state index in [9.17, 15) is 5.11 Å². The Kier molecular flexibility index (Phi) is 4.46. The van der Waals surface area contributed by atoms with Crippen LogP contribution in [0.1, 0.15) is 79.1 Å². The number of hydrogen-bond donors (Lipinski definition) is 2. The Hall–Kier alpha value is -0.340. The van der Waals surface area contributed by atoms with Gasteiger partial charge in [0.2, 0.25) is 0 Å². The van der Waals surface area contributed by atoms with Gasteiger partial charge in [-0.1, -0.05) is 11.6 Å². The van der Waals surface area contributed by atoms with Gasteiger partial charge in [-0.05, 0) is 96.3 Å². The van der Waals surface area contributed by atoms with Crippen molar-refractivity contribution in [2.75, 3.05) is 0 Å². The highest BCUT2D eigenvalue weighted by Gasteiger charge is 2.58. The van der Waals surface area contributed by atoms with Gasteiger partial charge in [0.05, 0.1) is 5.60 Å². The van der Waals surface area contributed by atoms with E-state index in [1.807, 2.05) is 0 Å². The van der Waals surface area contributed by atoms with E-state index in [-0.39, 0.29) is 5.60 Å². The largest absolute Gasteiger partial charge is 0.390 e. The van der Waals surface area contributed by atoms with Crippen molar-refractivity contribution in [1.82, 2.24) is 5.32 Å². The van der Waals surface area contributed by atoms with Gasteiger partial charge in [-0.2, -0.15) is 0 Å². The number of hydrogen-bond acceptors (Lipinski definition) is 2. The van der Waals surface area contributed by atoms with Crippen molar-refractivity contribution in [1.29, 1.82) is 0 Å². The first-order chi connectivity index (χ1) is 10.3. The van der Waals surface area contributed by atoms with Crippen molar-refractivity contribution < 1.29 is 5.11 Å². The Morgan fingerprint density at radius 2 is 1.82 bits per heavy atom. The zero-order valence-electron chi connectivity index (χ0n) is 15.0. The van der Waals surface area contributed by atoms with Crippen molar-refractivity contribution in [3.8, 4) is 0 Å². The van der Waals surface area contributed by atoms with Crippen molar-refractivity contribution in [3.05, 3.63) is 11.6 Å². The third kappa shape index (κ3) is 3.28. The van der Waals surface area contributed by atoms with Gasteiger partial charge in [0, 0.05) is 12.1 Å². The highest BCUT2D eigenvalue weighted by atomic mass is 16.3. The highest BCUT2D eigenvalue weighted by molar-refractivity contribution is 5.11. The summed E-state index contributed by atoms with van der Waals surface area (Å²) < 4.78 is 0. The Labute approximate surface area is 136 Å². The molecule has 4 aliphatic carbocycles. The SMILES string of the molecule is CC(C)=CCC[C@@H](C)N[C@@H](C)C12C[C@H]3C[C@@H](CC(O)(C3)C1)C2. The summed E-state index contributed by atoms with van der Waals surface area (Å²) in [7, 11) is 0. The van der Waals surface area contributed by atoms with Crippen molar-refractivity contribution in [2.24, 2.45) is 17.3 Å². The zero-order valence-corrected chi connectivity index (χ0v) is 15.0. The van der Waals surface area contributed by atoms with Crippen LogP contribution in [0, 0.1) is 17.3 Å². The molecule has 4 bridgehead atoms. The van der Waals surface area contributed by atoms with Gasteiger partial charge in [0.1, 0.15) is 0 Å². The predicted molar refractivity (Wildman–Crippen MR) is 92.8 cm³/mol. The van der Waals surface area contributed by atoms with E-state index in [1.165, 1.54) is 37.7 Å². The fraction of sp³-hybridized carbons (Fsp3) is 0.900. The van der Waals surface area contributed by atoms with E-state index in [0.717, 1.165) is 31.1 Å². The first-order valence-electron chi connectivity index (χ1n) is 9.42. The lowest BCUT2D eigenvalue weighted by Gasteiger charge is -2.62. The van der Waals surface area contributed by atoms with Gasteiger partial charge in [0.15, 0.2) is 0 Å². The van der Waals surface area contributed by atoms with E-state index in [1.54, 1.807) is 0 Å². The van der Waals surface area contributed by atoms with Gasteiger partial charge in [-0.25, -0.2) is 0 Å². The molecule has 0 amide bonds. The van der Waals surface area contributed by atoms with E-state index in [4.69, 9.17) is 0 Å². The third-order valence-electron chi connectivity index (χ3n) is 6.68. The normalized spacial score (nSPS) is 42.2. The van der Waals surface area contributed by atoms with Gasteiger partial charge in [-0.15, -0.1) is 0 Å². The van der Waals surface area contributed by atoms with Crippen LogP contribution < -0.4 is 5.32 Å². The molecule has 0 radical (unpaired) electrons. The highest BCUT2D eigenvalue weighted by Crippen LogP contribution is 2.62. The second kappa shape index (κ2) is 5.94. The Morgan fingerprint density at radius 3 is 2.36 bits per heavy atom. The standard InChI is InChI=1S/C20H35NO/c1-14(2)6-5-7-15(3)21-16(4)19-9-17-8-18(10-19)12-20(22,11-17)13-19/h6,15-18,21-22H,5,7-13H2,1-4H3/t15-,16+,17-,18-,19?,20?/m1/s1. The Balaban J connectivity index is 1.60. The topological polar surface area (TPSA) is 32.3 Å². The lowest BCUT2D eigenvalue weighted by molar-refractivity contribution is -0.172. The first-order valence-corrected chi connectivity index (χ1v) is 9.42. The lowest BCUT2D eigenvalue weighted by atomic mass is 9.46. The average Bonchev–Trinajstić information content (AvgIpc) is 2.34. The number of rotatable bonds is 6. The number of aliphatic hydroxyl groups is 1. The number of nitrogens with one attached hydrogen (secondary N) is 1. The average molecular weight is 306 g/mol. The molecule has 0 aromatic heterocycles. The third-order valence-corrected chi connectivity index (χ3v) is 6.68. The molecule has 0 spiro atoms. The summed E-state index contributed by atoms with van der Waals surface area (Å²) >= 11 is 0. The molecule has 4 fully saturated rings. The van der Waals surface area contributed by atoms with Gasteiger partial charge in [-0.3, -0.25) is 0 Å². The van der Waals surface area contributed by atoms with Gasteiger partial charge < -0.3 is 10.4 Å². The van der Waals surface area contributed by atoms with Crippen LogP contribution in [0.2, 0.25) is 0 Å². The van der Waals surface area contributed by atoms with Gasteiger partial charge in [0.25, 0.3) is 0 Å². The molecule has 0 aliphatic heterocycles. The summed E-state index contributed by atoms with van der Waals surface area (Å²) in [5.41, 5.74) is 1.46. The molecule has 4 aliphatic rings. The van der Waals surface area contributed by atoms with E-state index in [2.05, 4.69) is 39.1 Å². The minimum absolute atomic E-state index is 0.328. The van der Waals surface area contributed by atoms with Crippen molar-refractivity contribution in [2.45, 2.75) is 96.7 Å². The minimum atomic E-state index is -0.328. The summed E-state index contributed by atoms with van der Waals surface area (Å²) in [6.45, 7) is 9.06. The van der Waals surface area contributed by atoms with Crippen LogP contribution in [0.5, 0.6) is 0 Å². The molecule has 4 saturated carbocycles. The molecule has 4 rings (SSSR count). The number of allylic oxidation sites excluding steroid dienone is 2. The predicted octanol–water partition coefficient (Wildman–Crippen LogP) is 4.43. The fourth-order valence-electron chi connectivity index (χ4n) is 6.10. The summed E-state index contributed by atoms with van der Waals surface area (Å²) in [5, 5.41) is 14.8. The summed E-state index contributed by atoms with van der Waals surface area (Å²) in [4.78, 5) is 0. The lowest BCUT2D eigenvalue weighted by Crippen LogP contribution is -2.61. The van der Waals surface area contributed by atoms with E-state index >= 15 is 0 Å².